The van der Waals surface area contributed by atoms with Gasteiger partial charge in [-0.25, -0.2) is 0 Å². The Morgan fingerprint density at radius 3 is 2.45 bits per heavy atom. The first-order valence-electron chi connectivity index (χ1n) is 3.34. The van der Waals surface area contributed by atoms with Crippen LogP contribution < -0.4 is 4.74 Å². The SMILES string of the molecule is COc1ccc(C[C]=S)cc1. The zero-order valence-corrected chi connectivity index (χ0v) is 7.15. The van der Waals surface area contributed by atoms with Crippen molar-refractivity contribution in [3.63, 3.8) is 0 Å². The third kappa shape index (κ3) is 2.31. The molecule has 0 spiro atoms. The van der Waals surface area contributed by atoms with Crippen LogP contribution in [0.5, 0.6) is 5.75 Å². The van der Waals surface area contributed by atoms with Gasteiger partial charge in [0.25, 0.3) is 0 Å². The number of benzene rings is 1. The van der Waals surface area contributed by atoms with E-state index in [4.69, 9.17) is 4.74 Å². The number of ether oxygens (including phenoxy) is 1. The van der Waals surface area contributed by atoms with Gasteiger partial charge in [-0.3, -0.25) is 0 Å². The van der Waals surface area contributed by atoms with E-state index in [1.165, 1.54) is 5.56 Å². The highest BCUT2D eigenvalue weighted by atomic mass is 32.1. The molecule has 0 aromatic heterocycles. The molecule has 1 aromatic carbocycles. The molecule has 0 aliphatic heterocycles. The van der Waals surface area contributed by atoms with Gasteiger partial charge in [0, 0.05) is 11.8 Å². The molecule has 0 saturated heterocycles. The number of hydrogen-bond acceptors (Lipinski definition) is 2. The summed E-state index contributed by atoms with van der Waals surface area (Å²) in [6.07, 6.45) is 0.722. The van der Waals surface area contributed by atoms with E-state index in [0.717, 1.165) is 12.2 Å². The van der Waals surface area contributed by atoms with Crippen LogP contribution in [0.25, 0.3) is 0 Å². The molecular formula is C9H9OS. The first-order chi connectivity index (χ1) is 5.36. The molecule has 0 amide bonds. The van der Waals surface area contributed by atoms with Crippen molar-refractivity contribution < 1.29 is 4.74 Å². The van der Waals surface area contributed by atoms with Crippen molar-refractivity contribution in [3.05, 3.63) is 29.8 Å². The van der Waals surface area contributed by atoms with Gasteiger partial charge in [-0.2, -0.15) is 0 Å². The van der Waals surface area contributed by atoms with Crippen molar-refractivity contribution in [3.8, 4) is 5.75 Å². The van der Waals surface area contributed by atoms with Crippen LogP contribution in [0.3, 0.4) is 0 Å². The maximum atomic E-state index is 5.00. The minimum absolute atomic E-state index is 0.722. The Bertz CT molecular complexity index is 228. The average molecular weight is 165 g/mol. The first kappa shape index (κ1) is 8.21. The fraction of sp³-hybridized carbons (Fsp3) is 0.222. The summed E-state index contributed by atoms with van der Waals surface area (Å²) in [4.78, 5) is 0. The van der Waals surface area contributed by atoms with E-state index >= 15 is 0 Å². The molecule has 57 valence electrons. The Morgan fingerprint density at radius 1 is 1.36 bits per heavy atom. The van der Waals surface area contributed by atoms with Crippen molar-refractivity contribution in [1.82, 2.24) is 0 Å². The fourth-order valence-electron chi connectivity index (χ4n) is 0.827. The molecule has 0 atom stereocenters. The number of hydrogen-bond donors (Lipinski definition) is 0. The topological polar surface area (TPSA) is 9.23 Å². The lowest BCUT2D eigenvalue weighted by Crippen LogP contribution is -1.85. The maximum absolute atomic E-state index is 5.00. The summed E-state index contributed by atoms with van der Waals surface area (Å²) in [5.74, 6) is 0.873. The first-order valence-corrected chi connectivity index (χ1v) is 3.75. The molecule has 11 heavy (non-hydrogen) atoms. The van der Waals surface area contributed by atoms with Crippen molar-refractivity contribution in [2.24, 2.45) is 0 Å². The van der Waals surface area contributed by atoms with Gasteiger partial charge < -0.3 is 4.74 Å². The quantitative estimate of drug-likeness (QED) is 0.634. The van der Waals surface area contributed by atoms with E-state index in [1.54, 1.807) is 7.11 Å². The second kappa shape index (κ2) is 4.09. The molecule has 0 unspecified atom stereocenters. The van der Waals surface area contributed by atoms with Gasteiger partial charge in [0.2, 0.25) is 0 Å². The monoisotopic (exact) mass is 165 g/mol. The van der Waals surface area contributed by atoms with Crippen LogP contribution in [0.15, 0.2) is 24.3 Å². The van der Waals surface area contributed by atoms with Gasteiger partial charge in [-0.1, -0.05) is 24.4 Å². The van der Waals surface area contributed by atoms with Gasteiger partial charge in [0.15, 0.2) is 0 Å². The highest BCUT2D eigenvalue weighted by molar-refractivity contribution is 7.78. The molecule has 1 radical (unpaired) electrons. The summed E-state index contributed by atoms with van der Waals surface area (Å²) in [6.45, 7) is 0. The molecule has 0 bridgehead atoms. The zero-order valence-electron chi connectivity index (χ0n) is 6.33. The minimum Gasteiger partial charge on any atom is -0.497 e. The molecule has 1 aromatic rings. The largest absolute Gasteiger partial charge is 0.497 e. The summed E-state index contributed by atoms with van der Waals surface area (Å²) in [6, 6.07) is 7.81. The smallest absolute Gasteiger partial charge is 0.118 e. The fourth-order valence-corrected chi connectivity index (χ4v) is 0.993. The summed E-state index contributed by atoms with van der Waals surface area (Å²) < 4.78 is 5.00. The molecule has 1 nitrogen and oxygen atoms in total. The summed E-state index contributed by atoms with van der Waals surface area (Å²) in [5, 5.41) is 2.66. The zero-order chi connectivity index (χ0) is 8.10. The number of methoxy groups -OCH3 is 1. The standard InChI is InChI=1S/C9H9OS/c1-10-9-4-2-8(3-5-9)6-7-11/h2-5H,6H2,1H3. The van der Waals surface area contributed by atoms with Crippen molar-refractivity contribution in [1.29, 1.82) is 0 Å². The molecule has 0 fully saturated rings. The summed E-state index contributed by atoms with van der Waals surface area (Å²) >= 11 is 4.61. The van der Waals surface area contributed by atoms with Crippen LogP contribution in [0.4, 0.5) is 0 Å². The van der Waals surface area contributed by atoms with Crippen molar-refractivity contribution >= 4 is 17.6 Å². The van der Waals surface area contributed by atoms with Crippen LogP contribution in [-0.2, 0) is 6.42 Å². The number of rotatable bonds is 3. The normalized spacial score (nSPS) is 9.18. The van der Waals surface area contributed by atoms with E-state index in [9.17, 15) is 0 Å². The van der Waals surface area contributed by atoms with E-state index in [2.05, 4.69) is 17.6 Å². The Hall–Kier alpha value is -0.890. The van der Waals surface area contributed by atoms with Crippen LogP contribution in [0, 0.1) is 0 Å². The lowest BCUT2D eigenvalue weighted by atomic mass is 10.2. The Labute approximate surface area is 72.0 Å². The molecule has 0 heterocycles. The predicted octanol–water partition coefficient (Wildman–Crippen LogP) is 2.11. The molecule has 0 aliphatic carbocycles. The van der Waals surface area contributed by atoms with Gasteiger partial charge in [0.05, 0.1) is 7.11 Å². The Morgan fingerprint density at radius 2 is 2.00 bits per heavy atom. The lowest BCUT2D eigenvalue weighted by Gasteiger charge is -1.99. The molecule has 0 aliphatic rings. The highest BCUT2D eigenvalue weighted by Gasteiger charge is 1.90. The van der Waals surface area contributed by atoms with E-state index < -0.39 is 0 Å². The van der Waals surface area contributed by atoms with Gasteiger partial charge in [0.1, 0.15) is 5.75 Å². The Kier molecular flexibility index (Phi) is 3.05. The third-order valence-electron chi connectivity index (χ3n) is 1.44. The van der Waals surface area contributed by atoms with Crippen LogP contribution in [0.2, 0.25) is 0 Å². The van der Waals surface area contributed by atoms with Crippen LogP contribution in [0.1, 0.15) is 5.56 Å². The van der Waals surface area contributed by atoms with Gasteiger partial charge in [-0.15, -0.1) is 0 Å². The molecule has 1 rings (SSSR count). The molecule has 0 N–H and O–H groups in total. The predicted molar refractivity (Wildman–Crippen MR) is 49.3 cm³/mol. The second-order valence-corrected chi connectivity index (χ2v) is 2.46. The van der Waals surface area contributed by atoms with Gasteiger partial charge >= 0.3 is 0 Å². The van der Waals surface area contributed by atoms with E-state index in [1.807, 2.05) is 24.3 Å². The highest BCUT2D eigenvalue weighted by Crippen LogP contribution is 2.10. The maximum Gasteiger partial charge on any atom is 0.118 e. The summed E-state index contributed by atoms with van der Waals surface area (Å²) in [5.41, 5.74) is 1.17. The van der Waals surface area contributed by atoms with Crippen molar-refractivity contribution in [2.45, 2.75) is 6.42 Å². The second-order valence-electron chi connectivity index (χ2n) is 2.17. The molecular weight excluding hydrogens is 156 g/mol. The van der Waals surface area contributed by atoms with E-state index in [0.29, 0.717) is 0 Å². The van der Waals surface area contributed by atoms with E-state index in [-0.39, 0.29) is 0 Å². The summed E-state index contributed by atoms with van der Waals surface area (Å²) in [7, 11) is 1.65. The van der Waals surface area contributed by atoms with Crippen LogP contribution in [-0.4, -0.2) is 12.5 Å². The number of thiocarbonyl (C=S) groups is 1. The average Bonchev–Trinajstić information content (AvgIpc) is 2.07. The van der Waals surface area contributed by atoms with Crippen molar-refractivity contribution in [2.75, 3.05) is 7.11 Å². The molecule has 2 heteroatoms. The lowest BCUT2D eigenvalue weighted by molar-refractivity contribution is 0.414. The molecule has 0 saturated carbocycles. The minimum atomic E-state index is 0.722. The van der Waals surface area contributed by atoms with Crippen LogP contribution >= 0.6 is 12.2 Å². The Balaban J connectivity index is 2.74. The third-order valence-corrected chi connectivity index (χ3v) is 1.58. The van der Waals surface area contributed by atoms with Gasteiger partial charge in [-0.05, 0) is 17.7 Å².